The smallest absolute Gasteiger partial charge is 0.234 e. The topological polar surface area (TPSA) is 95.5 Å². The third-order valence-electron chi connectivity index (χ3n) is 4.17. The molecule has 142 valence electrons. The SMILES string of the molecule is CCCNNC(=O)CCCCCCNC(=O)CC1=Nc2ccncc2C1. The van der Waals surface area contributed by atoms with Gasteiger partial charge in [-0.2, -0.15) is 0 Å². The predicted molar refractivity (Wildman–Crippen MR) is 102 cm³/mol. The minimum Gasteiger partial charge on any atom is -0.356 e. The number of amides is 2. The van der Waals surface area contributed by atoms with E-state index in [0.717, 1.165) is 55.6 Å². The van der Waals surface area contributed by atoms with Gasteiger partial charge in [0, 0.05) is 49.6 Å². The van der Waals surface area contributed by atoms with E-state index in [-0.39, 0.29) is 11.8 Å². The minimum absolute atomic E-state index is 0.0193. The number of rotatable bonds is 12. The number of aliphatic imine (C=N–C) groups is 1. The molecule has 26 heavy (non-hydrogen) atoms. The van der Waals surface area contributed by atoms with E-state index in [1.165, 1.54) is 0 Å². The number of aromatic nitrogens is 1. The molecule has 0 fully saturated rings. The van der Waals surface area contributed by atoms with Crippen LogP contribution in [0.25, 0.3) is 0 Å². The van der Waals surface area contributed by atoms with E-state index in [4.69, 9.17) is 0 Å². The fourth-order valence-electron chi connectivity index (χ4n) is 2.79. The first-order valence-electron chi connectivity index (χ1n) is 9.46. The highest BCUT2D eigenvalue weighted by atomic mass is 16.2. The lowest BCUT2D eigenvalue weighted by Gasteiger charge is -2.06. The van der Waals surface area contributed by atoms with Gasteiger partial charge in [0.1, 0.15) is 0 Å². The summed E-state index contributed by atoms with van der Waals surface area (Å²) in [5, 5.41) is 2.95. The number of carbonyl (C=O) groups excluding carboxylic acids is 2. The summed E-state index contributed by atoms with van der Waals surface area (Å²) in [6, 6.07) is 1.88. The second kappa shape index (κ2) is 11.4. The van der Waals surface area contributed by atoms with Crippen LogP contribution in [0.4, 0.5) is 5.69 Å². The number of nitrogens with one attached hydrogen (secondary N) is 3. The highest BCUT2D eigenvalue weighted by Gasteiger charge is 2.16. The zero-order valence-electron chi connectivity index (χ0n) is 15.5. The Morgan fingerprint density at radius 1 is 1.12 bits per heavy atom. The van der Waals surface area contributed by atoms with Crippen molar-refractivity contribution >= 4 is 23.2 Å². The van der Waals surface area contributed by atoms with Crippen LogP contribution in [-0.4, -0.2) is 35.6 Å². The number of hydrogen-bond donors (Lipinski definition) is 3. The van der Waals surface area contributed by atoms with Crippen molar-refractivity contribution in [1.29, 1.82) is 0 Å². The molecule has 3 N–H and O–H groups in total. The molecule has 1 aliphatic heterocycles. The summed E-state index contributed by atoms with van der Waals surface area (Å²) in [5.74, 6) is 0.0613. The van der Waals surface area contributed by atoms with Gasteiger partial charge >= 0.3 is 0 Å². The van der Waals surface area contributed by atoms with Crippen molar-refractivity contribution in [2.45, 2.75) is 58.3 Å². The molecule has 0 unspecified atom stereocenters. The Morgan fingerprint density at radius 2 is 1.96 bits per heavy atom. The molecule has 0 bridgehead atoms. The van der Waals surface area contributed by atoms with Gasteiger partial charge in [-0.3, -0.25) is 25.0 Å². The average molecular weight is 359 g/mol. The van der Waals surface area contributed by atoms with Crippen LogP contribution in [0.1, 0.15) is 57.4 Å². The Bertz CT molecular complexity index is 630. The quantitative estimate of drug-likeness (QED) is 0.394. The summed E-state index contributed by atoms with van der Waals surface area (Å²) >= 11 is 0. The van der Waals surface area contributed by atoms with Gasteiger partial charge in [-0.25, -0.2) is 5.43 Å². The Morgan fingerprint density at radius 3 is 2.77 bits per heavy atom. The standard InChI is InChI=1S/C19H29N5O2/c1-2-9-22-24-18(25)7-5-3-4-6-10-21-19(26)13-16-12-15-14-20-11-8-17(15)23-16/h8,11,14,22H,2-7,9-10,12-13H2,1H3,(H,21,26)(H,24,25). The van der Waals surface area contributed by atoms with Crippen LogP contribution in [-0.2, 0) is 16.0 Å². The third kappa shape index (κ3) is 7.31. The summed E-state index contributed by atoms with van der Waals surface area (Å²) in [6.45, 7) is 3.52. The number of unbranched alkanes of at least 4 members (excludes halogenated alkanes) is 3. The summed E-state index contributed by atoms with van der Waals surface area (Å²) < 4.78 is 0. The molecule has 0 saturated heterocycles. The molecular weight excluding hydrogens is 330 g/mol. The number of hydrazine groups is 1. The second-order valence-corrected chi connectivity index (χ2v) is 6.53. The van der Waals surface area contributed by atoms with E-state index >= 15 is 0 Å². The first-order valence-corrected chi connectivity index (χ1v) is 9.46. The molecule has 2 heterocycles. The lowest BCUT2D eigenvalue weighted by Crippen LogP contribution is -2.37. The molecule has 0 atom stereocenters. The molecule has 7 heteroatoms. The lowest BCUT2D eigenvalue weighted by atomic mass is 10.1. The minimum atomic E-state index is 0.0193. The molecule has 2 amide bonds. The molecule has 1 aromatic heterocycles. The van der Waals surface area contributed by atoms with Crippen LogP contribution in [0.2, 0.25) is 0 Å². The summed E-state index contributed by atoms with van der Waals surface area (Å²) in [6.07, 6.45) is 9.92. The zero-order chi connectivity index (χ0) is 18.6. The van der Waals surface area contributed by atoms with Crippen LogP contribution in [0, 0.1) is 0 Å². The van der Waals surface area contributed by atoms with Crippen LogP contribution < -0.4 is 16.2 Å². The molecule has 0 aliphatic carbocycles. The number of fused-ring (bicyclic) bond motifs is 1. The first-order chi connectivity index (χ1) is 12.7. The van der Waals surface area contributed by atoms with Gasteiger partial charge in [-0.05, 0) is 25.3 Å². The summed E-state index contributed by atoms with van der Waals surface area (Å²) in [5.41, 5.74) is 8.48. The van der Waals surface area contributed by atoms with Crippen LogP contribution in [0.15, 0.2) is 23.5 Å². The Kier molecular flexibility index (Phi) is 8.75. The molecular formula is C19H29N5O2. The van der Waals surface area contributed by atoms with Gasteiger partial charge < -0.3 is 5.32 Å². The average Bonchev–Trinajstić information content (AvgIpc) is 3.03. The second-order valence-electron chi connectivity index (χ2n) is 6.53. The van der Waals surface area contributed by atoms with Crippen molar-refractivity contribution in [3.05, 3.63) is 24.0 Å². The number of pyridine rings is 1. The number of hydrogen-bond acceptors (Lipinski definition) is 5. The first kappa shape index (κ1) is 20.0. The van der Waals surface area contributed by atoms with E-state index in [2.05, 4.69) is 33.1 Å². The molecule has 0 radical (unpaired) electrons. The van der Waals surface area contributed by atoms with Gasteiger partial charge in [0.2, 0.25) is 11.8 Å². The highest BCUT2D eigenvalue weighted by Crippen LogP contribution is 2.25. The zero-order valence-corrected chi connectivity index (χ0v) is 15.5. The Balaban J connectivity index is 1.47. The highest BCUT2D eigenvalue weighted by molar-refractivity contribution is 6.05. The lowest BCUT2D eigenvalue weighted by molar-refractivity contribution is -0.122. The fourth-order valence-corrected chi connectivity index (χ4v) is 2.79. The van der Waals surface area contributed by atoms with Crippen molar-refractivity contribution < 1.29 is 9.59 Å². The van der Waals surface area contributed by atoms with E-state index in [1.54, 1.807) is 6.20 Å². The molecule has 0 saturated carbocycles. The normalized spacial score (nSPS) is 12.4. The molecule has 2 rings (SSSR count). The van der Waals surface area contributed by atoms with E-state index < -0.39 is 0 Å². The maximum atomic E-state index is 12.0. The van der Waals surface area contributed by atoms with Gasteiger partial charge in [0.05, 0.1) is 12.1 Å². The van der Waals surface area contributed by atoms with Crippen molar-refractivity contribution in [3.8, 4) is 0 Å². The molecule has 1 aliphatic rings. The summed E-state index contributed by atoms with van der Waals surface area (Å²) in [7, 11) is 0. The van der Waals surface area contributed by atoms with Crippen molar-refractivity contribution in [3.63, 3.8) is 0 Å². The van der Waals surface area contributed by atoms with Crippen molar-refractivity contribution in [2.75, 3.05) is 13.1 Å². The fraction of sp³-hybridized carbons (Fsp3) is 0.579. The third-order valence-corrected chi connectivity index (χ3v) is 4.17. The number of nitrogens with zero attached hydrogens (tertiary/aromatic N) is 2. The van der Waals surface area contributed by atoms with E-state index in [9.17, 15) is 9.59 Å². The molecule has 0 aromatic carbocycles. The molecule has 7 nitrogen and oxygen atoms in total. The van der Waals surface area contributed by atoms with Crippen LogP contribution in [0.3, 0.4) is 0 Å². The van der Waals surface area contributed by atoms with Crippen LogP contribution >= 0.6 is 0 Å². The maximum absolute atomic E-state index is 12.0. The van der Waals surface area contributed by atoms with Gasteiger partial charge in [0.15, 0.2) is 0 Å². The predicted octanol–water partition coefficient (Wildman–Crippen LogP) is 2.20. The van der Waals surface area contributed by atoms with Crippen molar-refractivity contribution in [2.24, 2.45) is 4.99 Å². The Hall–Kier alpha value is -2.28. The van der Waals surface area contributed by atoms with Crippen molar-refractivity contribution in [1.82, 2.24) is 21.2 Å². The summed E-state index contributed by atoms with van der Waals surface area (Å²) in [4.78, 5) is 32.0. The van der Waals surface area contributed by atoms with E-state index in [0.29, 0.717) is 25.8 Å². The monoisotopic (exact) mass is 359 g/mol. The largest absolute Gasteiger partial charge is 0.356 e. The molecule has 0 spiro atoms. The van der Waals surface area contributed by atoms with Gasteiger partial charge in [-0.1, -0.05) is 19.8 Å². The Labute approximate surface area is 155 Å². The van der Waals surface area contributed by atoms with Gasteiger partial charge in [-0.15, -0.1) is 0 Å². The van der Waals surface area contributed by atoms with Gasteiger partial charge in [0.25, 0.3) is 0 Å². The van der Waals surface area contributed by atoms with E-state index in [1.807, 2.05) is 12.3 Å². The maximum Gasteiger partial charge on any atom is 0.234 e. The van der Waals surface area contributed by atoms with Crippen LogP contribution in [0.5, 0.6) is 0 Å². The molecule has 1 aromatic rings. The number of carbonyl (C=O) groups is 2.